The molecule has 1 atom stereocenters. The van der Waals surface area contributed by atoms with E-state index < -0.39 is 11.6 Å². The lowest BCUT2D eigenvalue weighted by Gasteiger charge is -2.33. The van der Waals surface area contributed by atoms with Crippen LogP contribution in [0.15, 0.2) is 30.3 Å². The van der Waals surface area contributed by atoms with E-state index in [4.69, 9.17) is 9.72 Å². The van der Waals surface area contributed by atoms with Gasteiger partial charge in [-0.2, -0.15) is 0 Å². The number of aromatic nitrogens is 1. The monoisotopic (exact) mass is 428 g/mol. The molecule has 31 heavy (non-hydrogen) atoms. The second-order valence-electron chi connectivity index (χ2n) is 8.77. The normalized spacial score (nSPS) is 20.1. The van der Waals surface area contributed by atoms with Gasteiger partial charge in [0.15, 0.2) is 0 Å². The van der Waals surface area contributed by atoms with Crippen LogP contribution in [0.25, 0.3) is 0 Å². The fourth-order valence-corrected chi connectivity index (χ4v) is 4.70. The summed E-state index contributed by atoms with van der Waals surface area (Å²) in [5.74, 6) is -0.619. The third-order valence-corrected chi connectivity index (χ3v) is 6.42. The van der Waals surface area contributed by atoms with Crippen LogP contribution in [0.3, 0.4) is 0 Å². The first kappa shape index (κ1) is 21.9. The topological polar surface area (TPSA) is 42.4 Å². The van der Waals surface area contributed by atoms with Crippen molar-refractivity contribution in [2.75, 3.05) is 19.7 Å². The second-order valence-corrected chi connectivity index (χ2v) is 8.77. The van der Waals surface area contributed by atoms with Crippen LogP contribution < -0.4 is 0 Å². The predicted molar refractivity (Wildman–Crippen MR) is 115 cm³/mol. The lowest BCUT2D eigenvalue weighted by Crippen LogP contribution is -2.40. The highest BCUT2D eigenvalue weighted by molar-refractivity contribution is 5.76. The third-order valence-electron chi connectivity index (χ3n) is 6.42. The van der Waals surface area contributed by atoms with Crippen molar-refractivity contribution < 1.29 is 18.3 Å². The van der Waals surface area contributed by atoms with Gasteiger partial charge in [-0.25, -0.2) is 8.78 Å². The van der Waals surface area contributed by atoms with E-state index >= 15 is 0 Å². The smallest absolute Gasteiger partial charge is 0.225 e. The van der Waals surface area contributed by atoms with E-state index in [1.54, 1.807) is 0 Å². The van der Waals surface area contributed by atoms with Gasteiger partial charge in [0.05, 0.1) is 12.5 Å². The largest absolute Gasteiger partial charge is 0.378 e. The minimum atomic E-state index is -0.523. The van der Waals surface area contributed by atoms with Gasteiger partial charge in [-0.1, -0.05) is 6.07 Å². The van der Waals surface area contributed by atoms with Crippen molar-refractivity contribution in [2.45, 2.75) is 63.9 Å². The summed E-state index contributed by atoms with van der Waals surface area (Å²) in [7, 11) is 0. The quantitative estimate of drug-likeness (QED) is 0.679. The number of hydrogen-bond donors (Lipinski definition) is 0. The molecule has 166 valence electrons. The standard InChI is InChI=1S/C25H30F2N2O2/c1-17-13-18(14-21-22(26)6-4-7-23(21)27)15-24(28-17)19-8-10-29(11-9-19)25(30)16-20-5-2-3-12-31-20/h4,6-7,13,15,19-20H,2-3,5,8-12,14,16H2,1H3/t20-/m1/s1. The summed E-state index contributed by atoms with van der Waals surface area (Å²) in [6.45, 7) is 4.10. The number of carbonyl (C=O) groups is 1. The Hall–Kier alpha value is -2.34. The van der Waals surface area contributed by atoms with Gasteiger partial charge >= 0.3 is 0 Å². The van der Waals surface area contributed by atoms with Crippen LogP contribution in [0, 0.1) is 18.6 Å². The molecular weight excluding hydrogens is 398 g/mol. The van der Waals surface area contributed by atoms with Crippen molar-refractivity contribution in [3.63, 3.8) is 0 Å². The fourth-order valence-electron chi connectivity index (χ4n) is 4.70. The van der Waals surface area contributed by atoms with Gasteiger partial charge in [-0.15, -0.1) is 0 Å². The van der Waals surface area contributed by atoms with E-state index in [0.717, 1.165) is 55.7 Å². The molecule has 0 N–H and O–H groups in total. The Balaban J connectivity index is 1.38. The molecule has 6 heteroatoms. The second kappa shape index (κ2) is 9.86. The number of aryl methyl sites for hydroxylation is 1. The molecule has 4 nitrogen and oxygen atoms in total. The molecule has 2 aliphatic rings. The van der Waals surface area contributed by atoms with Crippen LogP contribution >= 0.6 is 0 Å². The molecular formula is C25H30F2N2O2. The Bertz CT molecular complexity index is 899. The molecule has 0 unspecified atom stereocenters. The van der Waals surface area contributed by atoms with Crippen LogP contribution in [0.5, 0.6) is 0 Å². The number of amides is 1. The van der Waals surface area contributed by atoms with E-state index in [-0.39, 0.29) is 29.9 Å². The Morgan fingerprint density at radius 2 is 1.87 bits per heavy atom. The van der Waals surface area contributed by atoms with Crippen LogP contribution in [0.2, 0.25) is 0 Å². The molecule has 0 radical (unpaired) electrons. The summed E-state index contributed by atoms with van der Waals surface area (Å²) < 4.78 is 33.9. The Morgan fingerprint density at radius 3 is 2.55 bits per heavy atom. The molecule has 0 spiro atoms. The summed E-state index contributed by atoms with van der Waals surface area (Å²) in [4.78, 5) is 19.3. The minimum Gasteiger partial charge on any atom is -0.378 e. The summed E-state index contributed by atoms with van der Waals surface area (Å²) in [5, 5.41) is 0. The number of pyridine rings is 1. The maximum Gasteiger partial charge on any atom is 0.225 e. The number of ether oxygens (including phenoxy) is 1. The number of hydrogen-bond acceptors (Lipinski definition) is 3. The van der Waals surface area contributed by atoms with Crippen LogP contribution in [-0.2, 0) is 16.0 Å². The average molecular weight is 429 g/mol. The van der Waals surface area contributed by atoms with Crippen LogP contribution in [-0.4, -0.2) is 41.6 Å². The lowest BCUT2D eigenvalue weighted by atomic mass is 9.91. The van der Waals surface area contributed by atoms with Crippen LogP contribution in [0.1, 0.15) is 67.0 Å². The molecule has 2 saturated heterocycles. The van der Waals surface area contributed by atoms with E-state index in [2.05, 4.69) is 0 Å². The van der Waals surface area contributed by atoms with Gasteiger partial charge in [-0.3, -0.25) is 9.78 Å². The molecule has 2 aromatic rings. The molecule has 4 rings (SSSR count). The van der Waals surface area contributed by atoms with Gasteiger partial charge in [0, 0.05) is 49.0 Å². The molecule has 2 aliphatic heterocycles. The summed E-state index contributed by atoms with van der Waals surface area (Å²) in [6, 6.07) is 7.82. The first-order chi connectivity index (χ1) is 15.0. The van der Waals surface area contributed by atoms with Gasteiger partial charge in [-0.05, 0) is 68.9 Å². The SMILES string of the molecule is Cc1cc(Cc2c(F)cccc2F)cc(C2CCN(C(=O)C[C@H]3CCCCO3)CC2)n1. The molecule has 1 aromatic carbocycles. The highest BCUT2D eigenvalue weighted by atomic mass is 19.1. The molecule has 3 heterocycles. The van der Waals surface area contributed by atoms with Gasteiger partial charge in [0.1, 0.15) is 11.6 Å². The third kappa shape index (κ3) is 5.48. The fraction of sp³-hybridized carbons (Fsp3) is 0.520. The molecule has 0 bridgehead atoms. The van der Waals surface area contributed by atoms with E-state index in [1.807, 2.05) is 24.0 Å². The summed E-state index contributed by atoms with van der Waals surface area (Å²) >= 11 is 0. The molecule has 1 amide bonds. The molecule has 0 saturated carbocycles. The number of rotatable bonds is 5. The van der Waals surface area contributed by atoms with Crippen molar-refractivity contribution >= 4 is 5.91 Å². The highest BCUT2D eigenvalue weighted by Gasteiger charge is 2.27. The highest BCUT2D eigenvalue weighted by Crippen LogP contribution is 2.29. The van der Waals surface area contributed by atoms with Crippen LogP contribution in [0.4, 0.5) is 8.78 Å². The number of halogens is 2. The Morgan fingerprint density at radius 1 is 1.13 bits per heavy atom. The van der Waals surface area contributed by atoms with Crippen molar-refractivity contribution in [1.82, 2.24) is 9.88 Å². The van der Waals surface area contributed by atoms with E-state index in [0.29, 0.717) is 19.5 Å². The number of nitrogens with zero attached hydrogens (tertiary/aromatic N) is 2. The first-order valence-corrected chi connectivity index (χ1v) is 11.3. The van der Waals surface area contributed by atoms with Crippen molar-refractivity contribution in [3.05, 3.63) is 64.5 Å². The van der Waals surface area contributed by atoms with Gasteiger partial charge in [0.25, 0.3) is 0 Å². The minimum absolute atomic E-state index is 0.0683. The number of benzene rings is 1. The Labute approximate surface area is 182 Å². The summed E-state index contributed by atoms with van der Waals surface area (Å²) in [6.07, 6.45) is 5.64. The maximum absolute atomic E-state index is 14.1. The first-order valence-electron chi connectivity index (χ1n) is 11.3. The number of piperidine rings is 1. The van der Waals surface area contributed by atoms with E-state index in [1.165, 1.54) is 18.2 Å². The lowest BCUT2D eigenvalue weighted by molar-refractivity contribution is -0.136. The average Bonchev–Trinajstić information content (AvgIpc) is 2.77. The van der Waals surface area contributed by atoms with E-state index in [9.17, 15) is 13.6 Å². The molecule has 1 aromatic heterocycles. The molecule has 0 aliphatic carbocycles. The summed E-state index contributed by atoms with van der Waals surface area (Å²) in [5.41, 5.74) is 2.75. The number of likely N-dealkylation sites (tertiary alicyclic amines) is 1. The van der Waals surface area contributed by atoms with Crippen molar-refractivity contribution in [2.24, 2.45) is 0 Å². The molecule has 2 fully saturated rings. The van der Waals surface area contributed by atoms with Gasteiger partial charge < -0.3 is 9.64 Å². The predicted octanol–water partition coefficient (Wildman–Crippen LogP) is 4.92. The number of carbonyl (C=O) groups excluding carboxylic acids is 1. The Kier molecular flexibility index (Phi) is 6.96. The zero-order chi connectivity index (χ0) is 21.8. The van der Waals surface area contributed by atoms with Crippen molar-refractivity contribution in [1.29, 1.82) is 0 Å². The zero-order valence-corrected chi connectivity index (χ0v) is 18.1. The zero-order valence-electron chi connectivity index (χ0n) is 18.1. The van der Waals surface area contributed by atoms with Gasteiger partial charge in [0.2, 0.25) is 5.91 Å². The maximum atomic E-state index is 14.1. The van der Waals surface area contributed by atoms with Crippen molar-refractivity contribution in [3.8, 4) is 0 Å².